The summed E-state index contributed by atoms with van der Waals surface area (Å²) in [7, 11) is 0. The van der Waals surface area contributed by atoms with Crippen molar-refractivity contribution in [2.45, 2.75) is 26.7 Å². The third-order valence-electron chi connectivity index (χ3n) is 1.59. The van der Waals surface area contributed by atoms with Crippen molar-refractivity contribution in [1.29, 1.82) is 0 Å². The fraction of sp³-hybridized carbons (Fsp3) is 0.667. The highest BCUT2D eigenvalue weighted by molar-refractivity contribution is 5.78. The Kier molecular flexibility index (Phi) is 5.53. The largest absolute Gasteiger partial charge is 0.352 e. The van der Waals surface area contributed by atoms with Crippen LogP contribution >= 0.6 is 0 Å². The molecule has 0 aliphatic rings. The summed E-state index contributed by atoms with van der Waals surface area (Å²) in [6.45, 7) is 8.13. The van der Waals surface area contributed by atoms with E-state index in [9.17, 15) is 4.79 Å². The summed E-state index contributed by atoms with van der Waals surface area (Å²) >= 11 is 0. The molecule has 1 N–H and O–H groups in total. The zero-order valence-electron chi connectivity index (χ0n) is 7.39. The molecule has 0 fully saturated rings. The van der Waals surface area contributed by atoms with Crippen LogP contribution in [0.5, 0.6) is 0 Å². The highest BCUT2D eigenvalue weighted by Crippen LogP contribution is 2.03. The Hall–Kier alpha value is -0.790. The first-order valence-corrected chi connectivity index (χ1v) is 4.11. The van der Waals surface area contributed by atoms with Crippen LogP contribution in [0.25, 0.3) is 0 Å². The Morgan fingerprint density at radius 3 is 2.82 bits per heavy atom. The second-order valence-corrected chi connectivity index (χ2v) is 2.72. The normalized spacial score (nSPS) is 12.2. The van der Waals surface area contributed by atoms with Gasteiger partial charge in [-0.3, -0.25) is 4.79 Å². The molecule has 0 aliphatic heterocycles. The summed E-state index contributed by atoms with van der Waals surface area (Å²) in [6.07, 6.45) is 3.71. The van der Waals surface area contributed by atoms with Gasteiger partial charge in [0.05, 0.1) is 0 Å². The summed E-state index contributed by atoms with van der Waals surface area (Å²) in [5.74, 6) is 0.270. The Labute approximate surface area is 68.7 Å². The predicted molar refractivity (Wildman–Crippen MR) is 47.3 cm³/mol. The third kappa shape index (κ3) is 4.59. The van der Waals surface area contributed by atoms with Gasteiger partial charge in [-0.05, 0) is 6.42 Å². The summed E-state index contributed by atoms with van der Waals surface area (Å²) in [4.78, 5) is 11.1. The Morgan fingerprint density at radius 2 is 2.36 bits per heavy atom. The standard InChI is InChI=1S/C9H17NO/c1-4-6-8(3)9(11)10-7-5-2/h5,8H,2,4,6-7H2,1,3H3,(H,10,11). The molecule has 11 heavy (non-hydrogen) atoms. The number of nitrogens with one attached hydrogen (secondary N) is 1. The average molecular weight is 155 g/mol. The minimum absolute atomic E-state index is 0.131. The first-order valence-electron chi connectivity index (χ1n) is 4.11. The van der Waals surface area contributed by atoms with Gasteiger partial charge in [0.1, 0.15) is 0 Å². The van der Waals surface area contributed by atoms with Crippen molar-refractivity contribution in [3.05, 3.63) is 12.7 Å². The van der Waals surface area contributed by atoms with Gasteiger partial charge < -0.3 is 5.32 Å². The van der Waals surface area contributed by atoms with Gasteiger partial charge in [-0.1, -0.05) is 26.3 Å². The molecule has 1 atom stereocenters. The molecule has 0 saturated carbocycles. The number of carbonyl (C=O) groups is 1. The molecule has 64 valence electrons. The number of amides is 1. The number of hydrogen-bond acceptors (Lipinski definition) is 1. The van der Waals surface area contributed by atoms with Crippen LogP contribution in [0, 0.1) is 5.92 Å². The van der Waals surface area contributed by atoms with E-state index in [1.807, 2.05) is 6.92 Å². The molecular weight excluding hydrogens is 138 g/mol. The highest BCUT2D eigenvalue weighted by Gasteiger charge is 2.09. The summed E-state index contributed by atoms with van der Waals surface area (Å²) in [5, 5.41) is 2.76. The van der Waals surface area contributed by atoms with Crippen molar-refractivity contribution in [1.82, 2.24) is 5.32 Å². The van der Waals surface area contributed by atoms with Crippen molar-refractivity contribution in [3.8, 4) is 0 Å². The second-order valence-electron chi connectivity index (χ2n) is 2.72. The number of hydrogen-bond donors (Lipinski definition) is 1. The van der Waals surface area contributed by atoms with Gasteiger partial charge in [0.25, 0.3) is 0 Å². The SMILES string of the molecule is C=CCNC(=O)C(C)CCC. The second kappa shape index (κ2) is 5.96. The van der Waals surface area contributed by atoms with E-state index in [0.29, 0.717) is 6.54 Å². The van der Waals surface area contributed by atoms with E-state index in [0.717, 1.165) is 12.8 Å². The molecule has 0 rings (SSSR count). The fourth-order valence-corrected chi connectivity index (χ4v) is 0.911. The van der Waals surface area contributed by atoms with E-state index < -0.39 is 0 Å². The highest BCUT2D eigenvalue weighted by atomic mass is 16.1. The zero-order chi connectivity index (χ0) is 8.69. The molecule has 0 aromatic rings. The van der Waals surface area contributed by atoms with Gasteiger partial charge in [0.2, 0.25) is 5.91 Å². The molecule has 0 bridgehead atoms. The summed E-state index contributed by atoms with van der Waals surface area (Å²) < 4.78 is 0. The molecule has 0 heterocycles. The predicted octanol–water partition coefficient (Wildman–Crippen LogP) is 1.72. The number of rotatable bonds is 5. The lowest BCUT2D eigenvalue weighted by Gasteiger charge is -2.08. The molecule has 0 aliphatic carbocycles. The first-order chi connectivity index (χ1) is 5.22. The van der Waals surface area contributed by atoms with Crippen molar-refractivity contribution in [2.75, 3.05) is 6.54 Å². The van der Waals surface area contributed by atoms with Gasteiger partial charge in [0, 0.05) is 12.5 Å². The van der Waals surface area contributed by atoms with E-state index >= 15 is 0 Å². The molecule has 0 radical (unpaired) electrons. The van der Waals surface area contributed by atoms with Gasteiger partial charge in [-0.2, -0.15) is 0 Å². The minimum atomic E-state index is 0.131. The molecule has 0 saturated heterocycles. The van der Waals surface area contributed by atoms with E-state index in [4.69, 9.17) is 0 Å². The van der Waals surface area contributed by atoms with Crippen LogP contribution in [0.1, 0.15) is 26.7 Å². The molecule has 0 spiro atoms. The lowest BCUT2D eigenvalue weighted by atomic mass is 10.1. The Bertz CT molecular complexity index is 132. The maximum Gasteiger partial charge on any atom is 0.223 e. The van der Waals surface area contributed by atoms with E-state index in [2.05, 4.69) is 18.8 Å². The molecule has 2 heteroatoms. The lowest BCUT2D eigenvalue weighted by molar-refractivity contribution is -0.124. The van der Waals surface area contributed by atoms with Crippen LogP contribution in [-0.4, -0.2) is 12.5 Å². The summed E-state index contributed by atoms with van der Waals surface area (Å²) in [5.41, 5.74) is 0. The maximum atomic E-state index is 11.1. The van der Waals surface area contributed by atoms with Crippen LogP contribution in [0.4, 0.5) is 0 Å². The Morgan fingerprint density at radius 1 is 1.73 bits per heavy atom. The van der Waals surface area contributed by atoms with E-state index in [-0.39, 0.29) is 11.8 Å². The van der Waals surface area contributed by atoms with Gasteiger partial charge in [0.15, 0.2) is 0 Å². The van der Waals surface area contributed by atoms with Crippen LogP contribution in [0.3, 0.4) is 0 Å². The van der Waals surface area contributed by atoms with Crippen LogP contribution < -0.4 is 5.32 Å². The lowest BCUT2D eigenvalue weighted by Crippen LogP contribution is -2.28. The molecule has 1 unspecified atom stereocenters. The van der Waals surface area contributed by atoms with Crippen LogP contribution in [-0.2, 0) is 4.79 Å². The van der Waals surface area contributed by atoms with E-state index in [1.54, 1.807) is 6.08 Å². The monoisotopic (exact) mass is 155 g/mol. The smallest absolute Gasteiger partial charge is 0.223 e. The maximum absolute atomic E-state index is 11.1. The summed E-state index contributed by atoms with van der Waals surface area (Å²) in [6, 6.07) is 0. The third-order valence-corrected chi connectivity index (χ3v) is 1.59. The van der Waals surface area contributed by atoms with Crippen LogP contribution in [0.2, 0.25) is 0 Å². The van der Waals surface area contributed by atoms with Crippen molar-refractivity contribution in [2.24, 2.45) is 5.92 Å². The molecular formula is C9H17NO. The molecule has 1 amide bonds. The zero-order valence-corrected chi connectivity index (χ0v) is 7.39. The first kappa shape index (κ1) is 10.2. The fourth-order valence-electron chi connectivity index (χ4n) is 0.911. The Balaban J connectivity index is 3.54. The van der Waals surface area contributed by atoms with Crippen LogP contribution in [0.15, 0.2) is 12.7 Å². The van der Waals surface area contributed by atoms with E-state index in [1.165, 1.54) is 0 Å². The van der Waals surface area contributed by atoms with Gasteiger partial charge in [-0.25, -0.2) is 0 Å². The van der Waals surface area contributed by atoms with Crippen molar-refractivity contribution >= 4 is 5.91 Å². The average Bonchev–Trinajstić information content (AvgIpc) is 2.00. The molecule has 0 aromatic carbocycles. The van der Waals surface area contributed by atoms with Gasteiger partial charge >= 0.3 is 0 Å². The topological polar surface area (TPSA) is 29.1 Å². The minimum Gasteiger partial charge on any atom is -0.352 e. The van der Waals surface area contributed by atoms with Crippen molar-refractivity contribution < 1.29 is 4.79 Å². The quantitative estimate of drug-likeness (QED) is 0.602. The van der Waals surface area contributed by atoms with Gasteiger partial charge in [-0.15, -0.1) is 6.58 Å². The van der Waals surface area contributed by atoms with Crippen molar-refractivity contribution in [3.63, 3.8) is 0 Å². The molecule has 0 aromatic heterocycles. The number of carbonyl (C=O) groups excluding carboxylic acids is 1. The molecule has 2 nitrogen and oxygen atoms in total.